The highest BCUT2D eigenvalue weighted by Crippen LogP contribution is 2.08. The lowest BCUT2D eigenvalue weighted by Gasteiger charge is -2.00. The standard InChI is InChI=1S/C10H13N4S.BrH/c1-7-3-4-15-14(7)6-9-5-12-8(2)13-10(9)11;/h3-5H,6H2,1-2H3,(H2,11,12,13);1H/q+1;/p-1. The first-order valence-electron chi connectivity index (χ1n) is 4.69. The molecule has 0 saturated carbocycles. The first kappa shape index (κ1) is 13.1. The molecule has 16 heavy (non-hydrogen) atoms. The van der Waals surface area contributed by atoms with Crippen molar-refractivity contribution in [3.63, 3.8) is 0 Å². The van der Waals surface area contributed by atoms with Gasteiger partial charge in [-0.1, -0.05) is 0 Å². The molecule has 0 saturated heterocycles. The summed E-state index contributed by atoms with van der Waals surface area (Å²) >= 11 is 1.66. The number of aryl methyl sites for hydroxylation is 2. The zero-order chi connectivity index (χ0) is 10.8. The summed E-state index contributed by atoms with van der Waals surface area (Å²) in [6.07, 6.45) is 1.80. The van der Waals surface area contributed by atoms with Crippen LogP contribution in [-0.4, -0.2) is 9.97 Å². The van der Waals surface area contributed by atoms with Crippen LogP contribution in [0.25, 0.3) is 0 Å². The van der Waals surface area contributed by atoms with Crippen molar-refractivity contribution < 1.29 is 20.9 Å². The van der Waals surface area contributed by atoms with Gasteiger partial charge in [0, 0.05) is 19.2 Å². The first-order chi connectivity index (χ1) is 7.16. The highest BCUT2D eigenvalue weighted by atomic mass is 79.9. The Labute approximate surface area is 109 Å². The zero-order valence-electron chi connectivity index (χ0n) is 9.14. The van der Waals surface area contributed by atoms with Crippen molar-refractivity contribution in [1.82, 2.24) is 9.97 Å². The molecule has 0 amide bonds. The van der Waals surface area contributed by atoms with Gasteiger partial charge in [0.15, 0.2) is 12.2 Å². The molecule has 0 unspecified atom stereocenters. The summed E-state index contributed by atoms with van der Waals surface area (Å²) in [5, 5.41) is 2.06. The van der Waals surface area contributed by atoms with Crippen molar-refractivity contribution in [2.24, 2.45) is 0 Å². The molecule has 6 heteroatoms. The van der Waals surface area contributed by atoms with Gasteiger partial charge < -0.3 is 22.7 Å². The molecular weight excluding hydrogens is 288 g/mol. The van der Waals surface area contributed by atoms with Gasteiger partial charge in [-0.15, -0.1) is 3.96 Å². The number of nitrogens with zero attached hydrogens (tertiary/aromatic N) is 3. The van der Waals surface area contributed by atoms with Crippen molar-refractivity contribution in [2.75, 3.05) is 5.73 Å². The molecule has 0 aliphatic carbocycles. The van der Waals surface area contributed by atoms with Crippen LogP contribution in [0.2, 0.25) is 0 Å². The average Bonchev–Trinajstić information content (AvgIpc) is 2.57. The minimum Gasteiger partial charge on any atom is -1.00 e. The summed E-state index contributed by atoms with van der Waals surface area (Å²) in [6.45, 7) is 4.65. The van der Waals surface area contributed by atoms with Gasteiger partial charge in [0.1, 0.15) is 23.2 Å². The topological polar surface area (TPSA) is 55.7 Å². The van der Waals surface area contributed by atoms with Gasteiger partial charge in [-0.2, -0.15) is 0 Å². The summed E-state index contributed by atoms with van der Waals surface area (Å²) < 4.78 is 2.16. The summed E-state index contributed by atoms with van der Waals surface area (Å²) in [4.78, 5) is 8.29. The number of nitrogen functional groups attached to an aromatic ring is 1. The Morgan fingerprint density at radius 3 is 2.75 bits per heavy atom. The van der Waals surface area contributed by atoms with Crippen molar-refractivity contribution in [1.29, 1.82) is 0 Å². The molecule has 0 aliphatic heterocycles. The monoisotopic (exact) mass is 300 g/mol. The fraction of sp³-hybridized carbons (Fsp3) is 0.300. The number of aromatic nitrogens is 3. The van der Waals surface area contributed by atoms with E-state index >= 15 is 0 Å². The van der Waals surface area contributed by atoms with Crippen LogP contribution in [0.3, 0.4) is 0 Å². The van der Waals surface area contributed by atoms with Gasteiger partial charge in [-0.25, -0.2) is 9.97 Å². The first-order valence-corrected chi connectivity index (χ1v) is 5.53. The third-order valence-corrected chi connectivity index (χ3v) is 3.15. The number of hydrogen-bond donors (Lipinski definition) is 1. The van der Waals surface area contributed by atoms with E-state index < -0.39 is 0 Å². The minimum atomic E-state index is 0. The zero-order valence-corrected chi connectivity index (χ0v) is 11.5. The molecule has 4 nitrogen and oxygen atoms in total. The molecular formula is C10H13BrN4S. The molecule has 2 aromatic rings. The number of nitrogens with two attached hydrogens (primary N) is 1. The second kappa shape index (κ2) is 5.36. The normalized spacial score (nSPS) is 9.88. The lowest BCUT2D eigenvalue weighted by molar-refractivity contribution is -0.625. The average molecular weight is 301 g/mol. The second-order valence-corrected chi connectivity index (χ2v) is 4.34. The summed E-state index contributed by atoms with van der Waals surface area (Å²) in [7, 11) is 0. The Morgan fingerprint density at radius 2 is 2.19 bits per heavy atom. The predicted octanol–water partition coefficient (Wildman–Crippen LogP) is -1.92. The molecule has 0 bridgehead atoms. The Balaban J connectivity index is 0.00000128. The molecule has 2 heterocycles. The van der Waals surface area contributed by atoms with Crippen molar-refractivity contribution in [3.8, 4) is 0 Å². The van der Waals surface area contributed by atoms with E-state index in [1.54, 1.807) is 17.7 Å². The van der Waals surface area contributed by atoms with E-state index in [1.807, 2.05) is 6.92 Å². The van der Waals surface area contributed by atoms with Crippen molar-refractivity contribution >= 4 is 17.4 Å². The molecule has 0 radical (unpaired) electrons. The van der Waals surface area contributed by atoms with E-state index in [1.165, 1.54) is 5.69 Å². The van der Waals surface area contributed by atoms with Crippen LogP contribution in [0.1, 0.15) is 17.1 Å². The van der Waals surface area contributed by atoms with E-state index in [0.717, 1.165) is 12.1 Å². The van der Waals surface area contributed by atoms with Crippen LogP contribution in [0.4, 0.5) is 5.82 Å². The third kappa shape index (κ3) is 2.76. The van der Waals surface area contributed by atoms with Crippen molar-refractivity contribution in [3.05, 3.63) is 34.7 Å². The smallest absolute Gasteiger partial charge is 0.193 e. The highest BCUT2D eigenvalue weighted by molar-refractivity contribution is 6.99. The van der Waals surface area contributed by atoms with Gasteiger partial charge in [0.25, 0.3) is 0 Å². The Kier molecular flexibility index (Phi) is 4.37. The molecule has 2 N–H and O–H groups in total. The quantitative estimate of drug-likeness (QED) is 0.658. The van der Waals surface area contributed by atoms with Gasteiger partial charge in [-0.05, 0) is 6.92 Å². The largest absolute Gasteiger partial charge is 1.00 e. The van der Waals surface area contributed by atoms with Crippen LogP contribution >= 0.6 is 11.5 Å². The maximum atomic E-state index is 5.83. The van der Waals surface area contributed by atoms with Crippen LogP contribution < -0.4 is 26.7 Å². The van der Waals surface area contributed by atoms with Gasteiger partial charge in [-0.3, -0.25) is 0 Å². The predicted molar refractivity (Wildman–Crippen MR) is 59.5 cm³/mol. The van der Waals surface area contributed by atoms with E-state index in [-0.39, 0.29) is 17.0 Å². The molecule has 86 valence electrons. The van der Waals surface area contributed by atoms with Gasteiger partial charge >= 0.3 is 0 Å². The van der Waals surface area contributed by atoms with Gasteiger partial charge in [0.05, 0.1) is 10.9 Å². The summed E-state index contributed by atoms with van der Waals surface area (Å²) in [5.74, 6) is 1.28. The SMILES string of the molecule is Cc1ncc(C[n+]2sccc2C)c(N)n1.[Br-]. The van der Waals surface area contributed by atoms with Crippen LogP contribution in [0, 0.1) is 13.8 Å². The molecule has 0 spiro atoms. The Hall–Kier alpha value is -1.01. The lowest BCUT2D eigenvalue weighted by Crippen LogP contribution is -3.00. The minimum absolute atomic E-state index is 0. The second-order valence-electron chi connectivity index (χ2n) is 3.41. The maximum Gasteiger partial charge on any atom is 0.193 e. The molecule has 0 aromatic carbocycles. The van der Waals surface area contributed by atoms with Crippen LogP contribution in [0.5, 0.6) is 0 Å². The molecule has 2 aromatic heterocycles. The van der Waals surface area contributed by atoms with Crippen LogP contribution in [-0.2, 0) is 6.54 Å². The fourth-order valence-corrected chi connectivity index (χ4v) is 2.17. The maximum absolute atomic E-state index is 5.83. The molecule has 2 rings (SSSR count). The van der Waals surface area contributed by atoms with Crippen LogP contribution in [0.15, 0.2) is 17.6 Å². The third-order valence-electron chi connectivity index (χ3n) is 2.22. The van der Waals surface area contributed by atoms with E-state index in [9.17, 15) is 0 Å². The lowest BCUT2D eigenvalue weighted by atomic mass is 10.3. The van der Waals surface area contributed by atoms with E-state index in [4.69, 9.17) is 5.73 Å². The molecule has 0 fully saturated rings. The molecule has 0 aliphatic rings. The Morgan fingerprint density at radius 1 is 1.44 bits per heavy atom. The van der Waals surface area contributed by atoms with E-state index in [2.05, 4.69) is 32.3 Å². The van der Waals surface area contributed by atoms with Crippen molar-refractivity contribution in [2.45, 2.75) is 20.4 Å². The fourth-order valence-electron chi connectivity index (χ4n) is 1.32. The Bertz CT molecular complexity index is 483. The summed E-state index contributed by atoms with van der Waals surface area (Å²) in [5.41, 5.74) is 8.02. The van der Waals surface area contributed by atoms with Gasteiger partial charge in [0.2, 0.25) is 0 Å². The molecule has 0 atom stereocenters. The van der Waals surface area contributed by atoms with E-state index in [0.29, 0.717) is 11.6 Å². The summed E-state index contributed by atoms with van der Waals surface area (Å²) in [6, 6.07) is 2.08. The number of hydrogen-bond acceptors (Lipinski definition) is 4. The number of anilines is 1. The highest BCUT2D eigenvalue weighted by Gasteiger charge is 2.12. The number of halogens is 1. The number of rotatable bonds is 2.